The predicted molar refractivity (Wildman–Crippen MR) is 82.7 cm³/mol. The van der Waals surface area contributed by atoms with Crippen molar-refractivity contribution >= 4 is 29.9 Å². The Morgan fingerprint density at radius 1 is 1.25 bits per heavy atom. The van der Waals surface area contributed by atoms with Crippen LogP contribution >= 0.6 is 24.0 Å². The third-order valence-corrected chi connectivity index (χ3v) is 1.71. The molecule has 0 aromatic heterocycles. The van der Waals surface area contributed by atoms with E-state index in [1.807, 2.05) is 0 Å². The Labute approximate surface area is 116 Å². The van der Waals surface area contributed by atoms with Gasteiger partial charge in [-0.2, -0.15) is 0 Å². The number of aliphatic imine (C=N–C) groups is 1. The molecule has 16 heavy (non-hydrogen) atoms. The molecule has 0 unspecified atom stereocenters. The van der Waals surface area contributed by atoms with Gasteiger partial charge in [0.15, 0.2) is 5.96 Å². The van der Waals surface area contributed by atoms with E-state index in [1.54, 1.807) is 13.1 Å². The molecule has 0 saturated carbocycles. The van der Waals surface area contributed by atoms with Crippen LogP contribution in [0.15, 0.2) is 17.6 Å². The number of halogens is 1. The first-order valence-electron chi connectivity index (χ1n) is 5.30. The Bertz CT molecular complexity index is 209. The maximum atomic E-state index is 4.08. The van der Waals surface area contributed by atoms with Crippen molar-refractivity contribution in [3.63, 3.8) is 0 Å². The van der Waals surface area contributed by atoms with Crippen molar-refractivity contribution in [2.45, 2.75) is 26.3 Å². The SMILES string of the molecule is C=CCNC(=NC)NCCNC(C)(C)C.I. The lowest BCUT2D eigenvalue weighted by Gasteiger charge is -2.21. The van der Waals surface area contributed by atoms with E-state index in [4.69, 9.17) is 0 Å². The van der Waals surface area contributed by atoms with Crippen LogP contribution in [0.4, 0.5) is 0 Å². The summed E-state index contributed by atoms with van der Waals surface area (Å²) >= 11 is 0. The van der Waals surface area contributed by atoms with E-state index in [1.165, 1.54) is 0 Å². The van der Waals surface area contributed by atoms with Crippen LogP contribution in [0.1, 0.15) is 20.8 Å². The third-order valence-electron chi connectivity index (χ3n) is 1.71. The standard InChI is InChI=1S/C11H24N4.HI/c1-6-7-13-10(12-5)14-8-9-15-11(2,3)4;/h6,15H,1,7-9H2,2-5H3,(H2,12,13,14);1H. The number of rotatable bonds is 5. The van der Waals surface area contributed by atoms with Crippen LogP contribution in [-0.4, -0.2) is 38.2 Å². The van der Waals surface area contributed by atoms with Crippen LogP contribution in [0.2, 0.25) is 0 Å². The highest BCUT2D eigenvalue weighted by molar-refractivity contribution is 14.0. The van der Waals surface area contributed by atoms with E-state index in [0.717, 1.165) is 25.6 Å². The number of guanidine groups is 1. The predicted octanol–water partition coefficient (Wildman–Crippen LogP) is 1.34. The second-order valence-corrected chi connectivity index (χ2v) is 4.35. The highest BCUT2D eigenvalue weighted by Crippen LogP contribution is 1.96. The number of nitrogens with one attached hydrogen (secondary N) is 3. The molecule has 0 fully saturated rings. The summed E-state index contributed by atoms with van der Waals surface area (Å²) in [6, 6.07) is 0. The van der Waals surface area contributed by atoms with Crippen molar-refractivity contribution in [2.24, 2.45) is 4.99 Å². The van der Waals surface area contributed by atoms with Crippen molar-refractivity contribution in [3.05, 3.63) is 12.7 Å². The molecule has 0 radical (unpaired) electrons. The van der Waals surface area contributed by atoms with Gasteiger partial charge in [0.25, 0.3) is 0 Å². The molecule has 0 saturated heterocycles. The zero-order valence-corrected chi connectivity index (χ0v) is 13.1. The number of nitrogens with zero attached hydrogens (tertiary/aromatic N) is 1. The van der Waals surface area contributed by atoms with E-state index in [2.05, 4.69) is 48.3 Å². The summed E-state index contributed by atoms with van der Waals surface area (Å²) in [5.74, 6) is 0.811. The monoisotopic (exact) mass is 340 g/mol. The summed E-state index contributed by atoms with van der Waals surface area (Å²) in [6.07, 6.45) is 1.81. The average Bonchev–Trinajstić information content (AvgIpc) is 2.15. The molecule has 0 aliphatic heterocycles. The van der Waals surface area contributed by atoms with Gasteiger partial charge in [0.1, 0.15) is 0 Å². The second-order valence-electron chi connectivity index (χ2n) is 4.35. The molecule has 0 rings (SSSR count). The Kier molecular flexibility index (Phi) is 11.2. The molecule has 0 aliphatic carbocycles. The Morgan fingerprint density at radius 3 is 2.31 bits per heavy atom. The third kappa shape index (κ3) is 11.8. The fraction of sp³-hybridized carbons (Fsp3) is 0.727. The lowest BCUT2D eigenvalue weighted by atomic mass is 10.1. The van der Waals surface area contributed by atoms with Crippen molar-refractivity contribution in [2.75, 3.05) is 26.7 Å². The average molecular weight is 340 g/mol. The first kappa shape index (κ1) is 18.1. The molecule has 4 nitrogen and oxygen atoms in total. The first-order valence-corrected chi connectivity index (χ1v) is 5.30. The van der Waals surface area contributed by atoms with E-state index in [9.17, 15) is 0 Å². The second kappa shape index (κ2) is 9.89. The Balaban J connectivity index is 0. The highest BCUT2D eigenvalue weighted by Gasteiger charge is 2.07. The van der Waals surface area contributed by atoms with Crippen LogP contribution in [0, 0.1) is 0 Å². The molecular weight excluding hydrogens is 315 g/mol. The Morgan fingerprint density at radius 2 is 1.88 bits per heavy atom. The van der Waals surface area contributed by atoms with Crippen molar-refractivity contribution in [1.29, 1.82) is 0 Å². The molecule has 0 bridgehead atoms. The minimum Gasteiger partial charge on any atom is -0.355 e. The normalized spacial score (nSPS) is 11.6. The molecule has 0 aromatic carbocycles. The molecule has 0 spiro atoms. The molecule has 3 N–H and O–H groups in total. The molecule has 0 heterocycles. The summed E-state index contributed by atoms with van der Waals surface area (Å²) in [5.41, 5.74) is 0.166. The van der Waals surface area contributed by atoms with Gasteiger partial charge in [0.05, 0.1) is 0 Å². The molecule has 96 valence electrons. The van der Waals surface area contributed by atoms with Gasteiger partial charge in [-0.1, -0.05) is 6.08 Å². The van der Waals surface area contributed by atoms with Gasteiger partial charge in [-0.25, -0.2) is 0 Å². The molecule has 0 aromatic rings. The van der Waals surface area contributed by atoms with E-state index < -0.39 is 0 Å². The van der Waals surface area contributed by atoms with Gasteiger partial charge < -0.3 is 16.0 Å². The van der Waals surface area contributed by atoms with E-state index in [0.29, 0.717) is 0 Å². The number of hydrogen-bond acceptors (Lipinski definition) is 2. The minimum absolute atomic E-state index is 0. The highest BCUT2D eigenvalue weighted by atomic mass is 127. The molecule has 0 aliphatic rings. The summed E-state index contributed by atoms with van der Waals surface area (Å²) < 4.78 is 0. The van der Waals surface area contributed by atoms with Gasteiger partial charge in [-0.05, 0) is 20.8 Å². The molecule has 0 atom stereocenters. The fourth-order valence-corrected chi connectivity index (χ4v) is 1.01. The van der Waals surface area contributed by atoms with Crippen LogP contribution in [-0.2, 0) is 0 Å². The number of hydrogen-bond donors (Lipinski definition) is 3. The van der Waals surface area contributed by atoms with Gasteiger partial charge in [-0.15, -0.1) is 30.6 Å². The van der Waals surface area contributed by atoms with Crippen molar-refractivity contribution in [3.8, 4) is 0 Å². The van der Waals surface area contributed by atoms with E-state index in [-0.39, 0.29) is 29.5 Å². The van der Waals surface area contributed by atoms with Gasteiger partial charge in [-0.3, -0.25) is 4.99 Å². The maximum Gasteiger partial charge on any atom is 0.191 e. The lowest BCUT2D eigenvalue weighted by Crippen LogP contribution is -2.44. The largest absolute Gasteiger partial charge is 0.355 e. The molecular formula is C11H25IN4. The molecule has 5 heteroatoms. The summed E-state index contributed by atoms with van der Waals surface area (Å²) in [6.45, 7) is 12.6. The summed E-state index contributed by atoms with van der Waals surface area (Å²) in [5, 5.41) is 9.71. The van der Waals surface area contributed by atoms with Crippen molar-refractivity contribution < 1.29 is 0 Å². The van der Waals surface area contributed by atoms with Crippen LogP contribution in [0.3, 0.4) is 0 Å². The van der Waals surface area contributed by atoms with Gasteiger partial charge in [0, 0.05) is 32.2 Å². The first-order chi connectivity index (χ1) is 6.99. The van der Waals surface area contributed by atoms with Crippen LogP contribution in [0.25, 0.3) is 0 Å². The zero-order valence-electron chi connectivity index (χ0n) is 10.8. The Hall–Kier alpha value is -0.300. The van der Waals surface area contributed by atoms with Gasteiger partial charge in [0.2, 0.25) is 0 Å². The smallest absolute Gasteiger partial charge is 0.191 e. The zero-order chi connectivity index (χ0) is 11.7. The summed E-state index contributed by atoms with van der Waals surface area (Å²) in [7, 11) is 1.76. The fourth-order valence-electron chi connectivity index (χ4n) is 1.01. The maximum absolute atomic E-state index is 4.08. The lowest BCUT2D eigenvalue weighted by molar-refractivity contribution is 0.428. The van der Waals surface area contributed by atoms with Crippen molar-refractivity contribution in [1.82, 2.24) is 16.0 Å². The van der Waals surface area contributed by atoms with E-state index >= 15 is 0 Å². The topological polar surface area (TPSA) is 48.5 Å². The minimum atomic E-state index is 0. The van der Waals surface area contributed by atoms with Gasteiger partial charge >= 0.3 is 0 Å². The molecule has 0 amide bonds. The van der Waals surface area contributed by atoms with Crippen LogP contribution < -0.4 is 16.0 Å². The van der Waals surface area contributed by atoms with Crippen LogP contribution in [0.5, 0.6) is 0 Å². The quantitative estimate of drug-likeness (QED) is 0.233. The summed E-state index contributed by atoms with van der Waals surface area (Å²) in [4.78, 5) is 4.08.